The second-order valence-corrected chi connectivity index (χ2v) is 7.56. The topological polar surface area (TPSA) is 42.9 Å². The molecule has 0 bridgehead atoms. The molecule has 0 spiro atoms. The molecule has 0 atom stereocenters. The maximum absolute atomic E-state index is 4.83. The molecule has 0 aromatic carbocycles. The van der Waals surface area contributed by atoms with Gasteiger partial charge in [0, 0.05) is 38.3 Å². The summed E-state index contributed by atoms with van der Waals surface area (Å²) in [6, 6.07) is 1.23. The van der Waals surface area contributed by atoms with Gasteiger partial charge in [-0.3, -0.25) is 4.99 Å². The van der Waals surface area contributed by atoms with Crippen molar-refractivity contribution < 1.29 is 0 Å². The van der Waals surface area contributed by atoms with Crippen LogP contribution in [0.25, 0.3) is 0 Å². The molecule has 2 heterocycles. The fraction of sp³-hybridized carbons (Fsp3) is 0.947. The molecule has 0 saturated carbocycles. The molecule has 2 fully saturated rings. The number of guanidine groups is 1. The van der Waals surface area contributed by atoms with Crippen molar-refractivity contribution in [1.82, 2.24) is 20.4 Å². The lowest BCUT2D eigenvalue weighted by molar-refractivity contribution is 0.167. The van der Waals surface area contributed by atoms with E-state index in [4.69, 9.17) is 4.99 Å². The number of hydrogen-bond donors (Lipinski definition) is 2. The molecule has 2 aliphatic heterocycles. The van der Waals surface area contributed by atoms with E-state index < -0.39 is 0 Å². The average Bonchev–Trinajstić information content (AvgIpc) is 2.84. The van der Waals surface area contributed by atoms with Crippen LogP contribution < -0.4 is 10.6 Å². The smallest absolute Gasteiger partial charge is 0.191 e. The Morgan fingerprint density at radius 2 is 1.71 bits per heavy atom. The van der Waals surface area contributed by atoms with Crippen molar-refractivity contribution in [3.05, 3.63) is 0 Å². The Morgan fingerprint density at radius 1 is 1.04 bits per heavy atom. The Labute approximate surface area is 149 Å². The summed E-state index contributed by atoms with van der Waals surface area (Å²) >= 11 is 0. The quantitative estimate of drug-likeness (QED) is 0.576. The largest absolute Gasteiger partial charge is 0.357 e. The van der Waals surface area contributed by atoms with Gasteiger partial charge in [0.25, 0.3) is 0 Å². The van der Waals surface area contributed by atoms with Gasteiger partial charge in [0.05, 0.1) is 6.54 Å². The molecule has 2 aliphatic rings. The van der Waals surface area contributed by atoms with Crippen molar-refractivity contribution in [2.24, 2.45) is 4.99 Å². The highest BCUT2D eigenvalue weighted by atomic mass is 15.2. The summed E-state index contributed by atoms with van der Waals surface area (Å²) in [7, 11) is 0. The van der Waals surface area contributed by atoms with Crippen LogP contribution in [-0.4, -0.2) is 73.7 Å². The summed E-state index contributed by atoms with van der Waals surface area (Å²) in [5.41, 5.74) is 0. The van der Waals surface area contributed by atoms with Crippen molar-refractivity contribution in [3.8, 4) is 0 Å². The number of piperidine rings is 1. The molecule has 0 aromatic rings. The van der Waals surface area contributed by atoms with Crippen LogP contribution in [0.1, 0.15) is 59.3 Å². The van der Waals surface area contributed by atoms with Gasteiger partial charge in [-0.15, -0.1) is 0 Å². The van der Waals surface area contributed by atoms with E-state index >= 15 is 0 Å². The second kappa shape index (κ2) is 10.9. The highest BCUT2D eigenvalue weighted by Crippen LogP contribution is 2.13. The summed E-state index contributed by atoms with van der Waals surface area (Å²) in [6.45, 7) is 14.6. The molecule has 140 valence electrons. The average molecular weight is 338 g/mol. The molecular formula is C19H39N5. The normalized spacial score (nSPS) is 22.6. The molecular weight excluding hydrogens is 298 g/mol. The molecule has 0 unspecified atom stereocenters. The van der Waals surface area contributed by atoms with Crippen LogP contribution in [-0.2, 0) is 0 Å². The van der Waals surface area contributed by atoms with Crippen molar-refractivity contribution in [2.75, 3.05) is 45.8 Å². The monoisotopic (exact) mass is 337 g/mol. The van der Waals surface area contributed by atoms with E-state index in [0.717, 1.165) is 25.6 Å². The molecule has 5 heteroatoms. The van der Waals surface area contributed by atoms with E-state index in [1.54, 1.807) is 0 Å². The predicted octanol–water partition coefficient (Wildman–Crippen LogP) is 2.29. The van der Waals surface area contributed by atoms with Gasteiger partial charge >= 0.3 is 0 Å². The number of hydrogen-bond acceptors (Lipinski definition) is 3. The molecule has 2 saturated heterocycles. The Hall–Kier alpha value is -0.810. The molecule has 2 rings (SSSR count). The maximum atomic E-state index is 4.83. The fourth-order valence-electron chi connectivity index (χ4n) is 3.74. The molecule has 2 N–H and O–H groups in total. The van der Waals surface area contributed by atoms with Crippen LogP contribution in [0.3, 0.4) is 0 Å². The number of nitrogens with one attached hydrogen (secondary N) is 2. The Kier molecular flexibility index (Phi) is 8.89. The number of nitrogens with zero attached hydrogens (tertiary/aromatic N) is 3. The predicted molar refractivity (Wildman–Crippen MR) is 104 cm³/mol. The molecule has 5 nitrogen and oxygen atoms in total. The van der Waals surface area contributed by atoms with Gasteiger partial charge in [-0.1, -0.05) is 12.8 Å². The number of likely N-dealkylation sites (tertiary alicyclic amines) is 2. The minimum absolute atomic E-state index is 0.566. The fourth-order valence-corrected chi connectivity index (χ4v) is 3.74. The highest BCUT2D eigenvalue weighted by Gasteiger charge is 2.21. The Balaban J connectivity index is 1.74. The van der Waals surface area contributed by atoms with Gasteiger partial charge in [0.2, 0.25) is 0 Å². The second-order valence-electron chi connectivity index (χ2n) is 7.56. The summed E-state index contributed by atoms with van der Waals surface area (Å²) in [4.78, 5) is 9.98. The zero-order valence-corrected chi connectivity index (χ0v) is 16.2. The Bertz CT molecular complexity index is 353. The first-order valence-electron chi connectivity index (χ1n) is 10.2. The van der Waals surface area contributed by atoms with Crippen molar-refractivity contribution in [3.63, 3.8) is 0 Å². The minimum Gasteiger partial charge on any atom is -0.357 e. The van der Waals surface area contributed by atoms with Gasteiger partial charge in [-0.2, -0.15) is 0 Å². The van der Waals surface area contributed by atoms with Crippen molar-refractivity contribution >= 4 is 5.96 Å². The zero-order chi connectivity index (χ0) is 17.2. The van der Waals surface area contributed by atoms with Gasteiger partial charge in [-0.25, -0.2) is 0 Å². The van der Waals surface area contributed by atoms with Crippen LogP contribution in [0.5, 0.6) is 0 Å². The highest BCUT2D eigenvalue weighted by molar-refractivity contribution is 5.80. The zero-order valence-electron chi connectivity index (χ0n) is 16.2. The molecule has 0 radical (unpaired) electrons. The van der Waals surface area contributed by atoms with E-state index in [1.807, 2.05) is 0 Å². The van der Waals surface area contributed by atoms with Crippen LogP contribution in [0.15, 0.2) is 4.99 Å². The minimum atomic E-state index is 0.566. The summed E-state index contributed by atoms with van der Waals surface area (Å²) in [5.74, 6) is 1.01. The maximum Gasteiger partial charge on any atom is 0.191 e. The Morgan fingerprint density at radius 3 is 2.29 bits per heavy atom. The van der Waals surface area contributed by atoms with Crippen LogP contribution >= 0.6 is 0 Å². The SMILES string of the molecule is CCNC(=NCCN1CCCCCC1)NC1CCN(C(C)C)CC1. The van der Waals surface area contributed by atoms with Crippen molar-refractivity contribution in [2.45, 2.75) is 71.4 Å². The van der Waals surface area contributed by atoms with E-state index in [9.17, 15) is 0 Å². The lowest BCUT2D eigenvalue weighted by atomic mass is 10.0. The summed E-state index contributed by atoms with van der Waals surface area (Å²) in [5, 5.41) is 7.08. The van der Waals surface area contributed by atoms with E-state index in [-0.39, 0.29) is 0 Å². The van der Waals surface area contributed by atoms with Crippen LogP contribution in [0, 0.1) is 0 Å². The third kappa shape index (κ3) is 6.98. The van der Waals surface area contributed by atoms with E-state index in [1.165, 1.54) is 64.7 Å². The van der Waals surface area contributed by atoms with Gasteiger partial charge in [0.1, 0.15) is 0 Å². The standard InChI is InChI=1S/C19H39N5/c1-4-20-19(21-11-16-23-12-7-5-6-8-13-23)22-18-9-14-24(15-10-18)17(2)3/h17-18H,4-16H2,1-3H3,(H2,20,21,22). The van der Waals surface area contributed by atoms with E-state index in [2.05, 4.69) is 41.2 Å². The molecule has 0 aliphatic carbocycles. The summed E-state index contributed by atoms with van der Waals surface area (Å²) < 4.78 is 0. The lowest BCUT2D eigenvalue weighted by Crippen LogP contribution is -2.50. The number of rotatable bonds is 6. The third-order valence-corrected chi connectivity index (χ3v) is 5.33. The lowest BCUT2D eigenvalue weighted by Gasteiger charge is -2.35. The molecule has 24 heavy (non-hydrogen) atoms. The summed E-state index contributed by atoms with van der Waals surface area (Å²) in [6.07, 6.45) is 7.95. The van der Waals surface area contributed by atoms with E-state index in [0.29, 0.717) is 12.1 Å². The first-order chi connectivity index (χ1) is 11.7. The number of aliphatic imine (C=N–C) groups is 1. The van der Waals surface area contributed by atoms with Gasteiger partial charge < -0.3 is 20.4 Å². The molecule has 0 amide bonds. The third-order valence-electron chi connectivity index (χ3n) is 5.33. The first kappa shape index (κ1) is 19.5. The van der Waals surface area contributed by atoms with Gasteiger partial charge in [-0.05, 0) is 59.5 Å². The van der Waals surface area contributed by atoms with Crippen LogP contribution in [0.4, 0.5) is 0 Å². The van der Waals surface area contributed by atoms with Crippen LogP contribution in [0.2, 0.25) is 0 Å². The van der Waals surface area contributed by atoms with Gasteiger partial charge in [0.15, 0.2) is 5.96 Å². The first-order valence-corrected chi connectivity index (χ1v) is 10.2. The van der Waals surface area contributed by atoms with Crippen molar-refractivity contribution in [1.29, 1.82) is 0 Å². The molecule has 0 aromatic heterocycles.